The molecule has 5 nitrogen and oxygen atoms in total. The number of urea groups is 1. The third-order valence-electron chi connectivity index (χ3n) is 5.49. The first kappa shape index (κ1) is 17.2. The van der Waals surface area contributed by atoms with Gasteiger partial charge in [-0.15, -0.1) is 0 Å². The fraction of sp³-hybridized carbons (Fsp3) is 0.632. The van der Waals surface area contributed by atoms with Gasteiger partial charge in [-0.3, -0.25) is 4.90 Å². The Bertz CT molecular complexity index is 588. The van der Waals surface area contributed by atoms with Crippen LogP contribution in [0.2, 0.25) is 0 Å². The zero-order valence-corrected chi connectivity index (χ0v) is 14.8. The second kappa shape index (κ2) is 7.11. The van der Waals surface area contributed by atoms with Crippen LogP contribution < -0.4 is 5.32 Å². The van der Waals surface area contributed by atoms with Gasteiger partial charge < -0.3 is 15.3 Å². The Morgan fingerprint density at radius 3 is 2.75 bits per heavy atom. The van der Waals surface area contributed by atoms with Crippen molar-refractivity contribution in [3.8, 4) is 0 Å². The molecule has 5 heteroatoms. The number of amides is 2. The zero-order chi connectivity index (χ0) is 17.2. The van der Waals surface area contributed by atoms with E-state index in [4.69, 9.17) is 0 Å². The lowest BCUT2D eigenvalue weighted by atomic mass is 9.94. The molecule has 2 N–H and O–H groups in total. The Morgan fingerprint density at radius 1 is 1.29 bits per heavy atom. The van der Waals surface area contributed by atoms with Crippen LogP contribution in [0.15, 0.2) is 24.3 Å². The summed E-state index contributed by atoms with van der Waals surface area (Å²) in [5.41, 5.74) is 2.76. The molecular formula is C19H29N3O2. The number of nitrogens with one attached hydrogen (secondary N) is 1. The lowest BCUT2D eigenvalue weighted by Crippen LogP contribution is -2.54. The van der Waals surface area contributed by atoms with E-state index in [0.29, 0.717) is 13.1 Å². The molecule has 1 aromatic carbocycles. The number of rotatable bonds is 4. The van der Waals surface area contributed by atoms with E-state index in [9.17, 15) is 9.90 Å². The van der Waals surface area contributed by atoms with Crippen molar-refractivity contribution in [2.75, 3.05) is 32.8 Å². The van der Waals surface area contributed by atoms with Gasteiger partial charge in [0.25, 0.3) is 0 Å². The highest BCUT2D eigenvalue weighted by atomic mass is 16.3. The van der Waals surface area contributed by atoms with Gasteiger partial charge in [0.15, 0.2) is 0 Å². The molecule has 1 saturated heterocycles. The number of aliphatic hydroxyl groups is 1. The van der Waals surface area contributed by atoms with Gasteiger partial charge in [0, 0.05) is 50.8 Å². The number of hydrogen-bond acceptors (Lipinski definition) is 3. The molecule has 1 fully saturated rings. The molecule has 0 spiro atoms. The van der Waals surface area contributed by atoms with Crippen LogP contribution in [0.25, 0.3) is 0 Å². The van der Waals surface area contributed by atoms with Crippen molar-refractivity contribution in [2.24, 2.45) is 5.92 Å². The number of nitrogens with zero attached hydrogens (tertiary/aromatic N) is 2. The van der Waals surface area contributed by atoms with E-state index in [0.717, 1.165) is 32.5 Å². The Labute approximate surface area is 144 Å². The summed E-state index contributed by atoms with van der Waals surface area (Å²) >= 11 is 0. The second-order valence-electron chi connectivity index (χ2n) is 7.69. The smallest absolute Gasteiger partial charge is 0.317 e. The number of aliphatic hydroxyl groups excluding tert-OH is 1. The number of carbonyl (C=O) groups excluding carboxylic acids is 1. The summed E-state index contributed by atoms with van der Waals surface area (Å²) in [6.07, 6.45) is 1.97. The number of fused-ring (bicyclic) bond motifs is 1. The molecule has 2 aliphatic heterocycles. The lowest BCUT2D eigenvalue weighted by molar-refractivity contribution is 0.102. The fourth-order valence-corrected chi connectivity index (χ4v) is 3.69. The van der Waals surface area contributed by atoms with Crippen molar-refractivity contribution < 1.29 is 9.90 Å². The van der Waals surface area contributed by atoms with E-state index in [1.807, 2.05) is 4.90 Å². The molecule has 24 heavy (non-hydrogen) atoms. The molecule has 0 aliphatic carbocycles. The first-order valence-corrected chi connectivity index (χ1v) is 8.95. The monoisotopic (exact) mass is 331 g/mol. The highest BCUT2D eigenvalue weighted by molar-refractivity contribution is 5.74. The molecule has 2 amide bonds. The molecule has 132 valence electrons. The molecule has 2 aliphatic rings. The number of likely N-dealkylation sites (tertiary alicyclic amines) is 1. The van der Waals surface area contributed by atoms with Crippen molar-refractivity contribution in [3.63, 3.8) is 0 Å². The van der Waals surface area contributed by atoms with Gasteiger partial charge in [-0.05, 0) is 37.8 Å². The summed E-state index contributed by atoms with van der Waals surface area (Å²) in [5, 5.41) is 12.3. The minimum absolute atomic E-state index is 0.00330. The molecular weight excluding hydrogens is 302 g/mol. The van der Waals surface area contributed by atoms with Crippen LogP contribution in [0.4, 0.5) is 4.79 Å². The van der Waals surface area contributed by atoms with Gasteiger partial charge in [-0.1, -0.05) is 24.3 Å². The van der Waals surface area contributed by atoms with Gasteiger partial charge in [-0.2, -0.15) is 0 Å². The second-order valence-corrected chi connectivity index (χ2v) is 7.69. The van der Waals surface area contributed by atoms with Crippen LogP contribution in [0.1, 0.15) is 31.4 Å². The summed E-state index contributed by atoms with van der Waals surface area (Å²) < 4.78 is 0. The topological polar surface area (TPSA) is 55.8 Å². The van der Waals surface area contributed by atoms with E-state index < -0.39 is 0 Å². The van der Waals surface area contributed by atoms with E-state index in [1.165, 1.54) is 11.1 Å². The van der Waals surface area contributed by atoms with Crippen LogP contribution in [-0.2, 0) is 13.0 Å². The molecule has 1 atom stereocenters. The first-order chi connectivity index (χ1) is 11.5. The van der Waals surface area contributed by atoms with E-state index in [1.54, 1.807) is 0 Å². The molecule has 0 radical (unpaired) electrons. The Kier molecular flexibility index (Phi) is 5.11. The SMILES string of the molecule is CC(C)(CNC(=O)N1CCC(CO)C1)N1CCc2ccccc2C1. The maximum atomic E-state index is 12.3. The summed E-state index contributed by atoms with van der Waals surface area (Å²) in [7, 11) is 0. The molecule has 1 aromatic rings. The summed E-state index contributed by atoms with van der Waals surface area (Å²) in [4.78, 5) is 16.6. The van der Waals surface area contributed by atoms with Crippen LogP contribution in [-0.4, -0.2) is 59.3 Å². The van der Waals surface area contributed by atoms with Gasteiger partial charge in [0.05, 0.1) is 0 Å². The molecule has 0 bridgehead atoms. The summed E-state index contributed by atoms with van der Waals surface area (Å²) in [6.45, 7) is 8.57. The number of carbonyl (C=O) groups is 1. The average molecular weight is 331 g/mol. The molecule has 2 heterocycles. The minimum Gasteiger partial charge on any atom is -0.396 e. The molecule has 1 unspecified atom stereocenters. The van der Waals surface area contributed by atoms with Crippen LogP contribution in [0.3, 0.4) is 0 Å². The maximum absolute atomic E-state index is 12.3. The third kappa shape index (κ3) is 3.73. The van der Waals surface area contributed by atoms with Gasteiger partial charge >= 0.3 is 6.03 Å². The lowest BCUT2D eigenvalue weighted by Gasteiger charge is -2.42. The highest BCUT2D eigenvalue weighted by Gasteiger charge is 2.31. The summed E-state index contributed by atoms with van der Waals surface area (Å²) in [6, 6.07) is 8.62. The average Bonchev–Trinajstić information content (AvgIpc) is 3.08. The van der Waals surface area contributed by atoms with Gasteiger partial charge in [0.1, 0.15) is 0 Å². The predicted octanol–water partition coefficient (Wildman–Crippen LogP) is 1.85. The van der Waals surface area contributed by atoms with Crippen molar-refractivity contribution in [1.29, 1.82) is 0 Å². The van der Waals surface area contributed by atoms with Crippen LogP contribution in [0, 0.1) is 5.92 Å². The van der Waals surface area contributed by atoms with Crippen LogP contribution in [0.5, 0.6) is 0 Å². The predicted molar refractivity (Wildman–Crippen MR) is 94.8 cm³/mol. The molecule has 0 saturated carbocycles. The highest BCUT2D eigenvalue weighted by Crippen LogP contribution is 2.25. The van der Waals surface area contributed by atoms with E-state index in [2.05, 4.69) is 48.3 Å². The van der Waals surface area contributed by atoms with Crippen molar-refractivity contribution in [2.45, 2.75) is 38.8 Å². The Morgan fingerprint density at radius 2 is 2.04 bits per heavy atom. The van der Waals surface area contributed by atoms with Gasteiger partial charge in [-0.25, -0.2) is 4.79 Å². The van der Waals surface area contributed by atoms with Crippen molar-refractivity contribution in [1.82, 2.24) is 15.1 Å². The Hall–Kier alpha value is -1.59. The molecule has 0 aromatic heterocycles. The minimum atomic E-state index is -0.0840. The third-order valence-corrected chi connectivity index (χ3v) is 5.49. The zero-order valence-electron chi connectivity index (χ0n) is 14.8. The normalized spacial score (nSPS) is 21.6. The van der Waals surface area contributed by atoms with Crippen molar-refractivity contribution in [3.05, 3.63) is 35.4 Å². The molecule has 3 rings (SSSR count). The van der Waals surface area contributed by atoms with E-state index in [-0.39, 0.29) is 24.1 Å². The number of benzene rings is 1. The van der Waals surface area contributed by atoms with Crippen molar-refractivity contribution >= 4 is 6.03 Å². The van der Waals surface area contributed by atoms with Crippen LogP contribution >= 0.6 is 0 Å². The van der Waals surface area contributed by atoms with Gasteiger partial charge in [0.2, 0.25) is 0 Å². The Balaban J connectivity index is 1.54. The fourth-order valence-electron chi connectivity index (χ4n) is 3.69. The van der Waals surface area contributed by atoms with E-state index >= 15 is 0 Å². The quantitative estimate of drug-likeness (QED) is 0.885. The maximum Gasteiger partial charge on any atom is 0.317 e. The largest absolute Gasteiger partial charge is 0.396 e. The summed E-state index contributed by atoms with van der Waals surface area (Å²) in [5.74, 6) is 0.238. The first-order valence-electron chi connectivity index (χ1n) is 8.95. The number of hydrogen-bond donors (Lipinski definition) is 2. The standard InChI is InChI=1S/C19H29N3O2/c1-19(2,14-20-18(24)21-9-7-15(11-21)13-23)22-10-8-16-5-3-4-6-17(16)12-22/h3-6,15,23H,7-14H2,1-2H3,(H,20,24).